The van der Waals surface area contributed by atoms with E-state index >= 15 is 0 Å². The van der Waals surface area contributed by atoms with Gasteiger partial charge in [-0.15, -0.1) is 13.2 Å². The Morgan fingerprint density at radius 2 is 1.20 bits per heavy atom. The molecule has 0 amide bonds. The Hall–Kier alpha value is -3.30. The van der Waals surface area contributed by atoms with Crippen molar-refractivity contribution in [3.63, 3.8) is 0 Å². The molecule has 0 aliphatic carbocycles. The van der Waals surface area contributed by atoms with Crippen molar-refractivity contribution in [1.29, 1.82) is 0 Å². The predicted molar refractivity (Wildman–Crippen MR) is 89.4 cm³/mol. The molecule has 3 aromatic rings. The largest absolute Gasteiger partial charge is 0.573 e. The topological polar surface area (TPSA) is 18.5 Å². The fourth-order valence-electron chi connectivity index (χ4n) is 2.60. The highest BCUT2D eigenvalue weighted by molar-refractivity contribution is 5.64. The van der Waals surface area contributed by atoms with E-state index in [1.165, 1.54) is 12.1 Å². The summed E-state index contributed by atoms with van der Waals surface area (Å²) in [5.41, 5.74) is -1.38. The average Bonchev–Trinajstić information content (AvgIpc) is 2.62. The van der Waals surface area contributed by atoms with Gasteiger partial charge in [0.05, 0.1) is 0 Å². The molecule has 0 aromatic heterocycles. The van der Waals surface area contributed by atoms with E-state index in [4.69, 9.17) is 0 Å². The van der Waals surface area contributed by atoms with Gasteiger partial charge < -0.3 is 9.47 Å². The molecule has 0 spiro atoms. The van der Waals surface area contributed by atoms with E-state index in [2.05, 4.69) is 9.47 Å². The zero-order chi connectivity index (χ0) is 22.1. The minimum absolute atomic E-state index is 0.00940. The maximum atomic E-state index is 14.4. The van der Waals surface area contributed by atoms with Gasteiger partial charge in [-0.2, -0.15) is 8.78 Å². The van der Waals surface area contributed by atoms with Gasteiger partial charge in [-0.1, -0.05) is 30.3 Å². The number of hydrogen-bond acceptors (Lipinski definition) is 2. The molecular weight excluding hydrogens is 424 g/mol. The second-order valence-electron chi connectivity index (χ2n) is 5.94. The Bertz CT molecular complexity index is 1030. The number of rotatable bonds is 5. The average molecular weight is 434 g/mol. The number of halogens is 8. The summed E-state index contributed by atoms with van der Waals surface area (Å²) in [6.45, 7) is 0. The summed E-state index contributed by atoms with van der Waals surface area (Å²) in [7, 11) is 0. The predicted octanol–water partition coefficient (Wildman–Crippen LogP) is 6.80. The lowest BCUT2D eigenvalue weighted by Crippen LogP contribution is -2.25. The Labute approximate surface area is 164 Å². The van der Waals surface area contributed by atoms with E-state index in [0.717, 1.165) is 0 Å². The molecule has 0 radical (unpaired) electrons. The summed E-state index contributed by atoms with van der Waals surface area (Å²) >= 11 is 0. The van der Waals surface area contributed by atoms with E-state index in [0.29, 0.717) is 29.8 Å². The van der Waals surface area contributed by atoms with Gasteiger partial charge in [0, 0.05) is 6.07 Å². The fourth-order valence-corrected chi connectivity index (χ4v) is 2.60. The molecule has 0 aliphatic heterocycles. The second-order valence-corrected chi connectivity index (χ2v) is 5.94. The summed E-state index contributed by atoms with van der Waals surface area (Å²) in [4.78, 5) is 0. The summed E-state index contributed by atoms with van der Waals surface area (Å²) < 4.78 is 115. The zero-order valence-electron chi connectivity index (χ0n) is 14.6. The van der Waals surface area contributed by atoms with Crippen LogP contribution in [-0.2, 0) is 6.11 Å². The molecule has 30 heavy (non-hydrogen) atoms. The molecular formula is C20H10F8O2. The monoisotopic (exact) mass is 434 g/mol. The Morgan fingerprint density at radius 1 is 0.600 bits per heavy atom. The van der Waals surface area contributed by atoms with E-state index in [-0.39, 0.29) is 11.6 Å². The first kappa shape index (κ1) is 21.4. The van der Waals surface area contributed by atoms with Crippen LogP contribution in [0.3, 0.4) is 0 Å². The lowest BCUT2D eigenvalue weighted by Gasteiger charge is -2.20. The van der Waals surface area contributed by atoms with Gasteiger partial charge in [-0.3, -0.25) is 0 Å². The molecule has 10 heteroatoms. The van der Waals surface area contributed by atoms with Crippen LogP contribution < -0.4 is 9.47 Å². The molecule has 3 aromatic carbocycles. The summed E-state index contributed by atoms with van der Waals surface area (Å²) in [6, 6.07) is 10.3. The van der Waals surface area contributed by atoms with Crippen molar-refractivity contribution in [2.75, 3.05) is 0 Å². The molecule has 0 N–H and O–H groups in total. The normalized spacial score (nSPS) is 12.0. The molecule has 0 aliphatic rings. The maximum Gasteiger partial charge on any atom is 0.573 e. The van der Waals surface area contributed by atoms with Crippen LogP contribution in [0.25, 0.3) is 11.1 Å². The van der Waals surface area contributed by atoms with Gasteiger partial charge in [0.2, 0.25) is 0 Å². The molecule has 0 heterocycles. The fraction of sp³-hybridized carbons (Fsp3) is 0.100. The first-order valence-corrected chi connectivity index (χ1v) is 8.13. The Balaban J connectivity index is 1.89. The minimum Gasteiger partial charge on any atom is -0.429 e. The SMILES string of the molecule is Fc1cc(OC(F)(F)c2c(F)cc(-c3ccccc3)cc2F)ccc1OC(F)(F)F. The highest BCUT2D eigenvalue weighted by Gasteiger charge is 2.41. The third-order valence-corrected chi connectivity index (χ3v) is 3.82. The van der Waals surface area contributed by atoms with Crippen LogP contribution in [0.2, 0.25) is 0 Å². The zero-order valence-corrected chi connectivity index (χ0v) is 14.6. The van der Waals surface area contributed by atoms with Crippen LogP contribution in [0.15, 0.2) is 60.7 Å². The van der Waals surface area contributed by atoms with Gasteiger partial charge in [0.15, 0.2) is 11.6 Å². The van der Waals surface area contributed by atoms with Crippen LogP contribution in [-0.4, -0.2) is 6.36 Å². The highest BCUT2D eigenvalue weighted by Crippen LogP contribution is 2.38. The molecule has 0 atom stereocenters. The number of ether oxygens (including phenoxy) is 2. The molecule has 3 rings (SSSR count). The van der Waals surface area contributed by atoms with Gasteiger partial charge in [-0.25, -0.2) is 13.2 Å². The van der Waals surface area contributed by atoms with Crippen molar-refractivity contribution in [2.24, 2.45) is 0 Å². The van der Waals surface area contributed by atoms with Crippen molar-refractivity contribution in [2.45, 2.75) is 12.5 Å². The maximum absolute atomic E-state index is 14.4. The standard InChI is InChI=1S/C20H10F8O2/c21-14-10-13(6-7-17(14)30-20(26,27)28)29-19(24,25)18-15(22)8-12(9-16(18)23)11-4-2-1-3-5-11/h1-10H. The van der Waals surface area contributed by atoms with Crippen molar-refractivity contribution in [3.8, 4) is 22.6 Å². The third kappa shape index (κ3) is 4.81. The van der Waals surface area contributed by atoms with Gasteiger partial charge in [0.25, 0.3) is 0 Å². The molecule has 158 valence electrons. The third-order valence-electron chi connectivity index (χ3n) is 3.82. The van der Waals surface area contributed by atoms with Gasteiger partial charge in [0.1, 0.15) is 22.9 Å². The van der Waals surface area contributed by atoms with Crippen molar-refractivity contribution in [3.05, 3.63) is 83.7 Å². The van der Waals surface area contributed by atoms with E-state index in [1.54, 1.807) is 18.2 Å². The number of alkyl halides is 5. The quantitative estimate of drug-likeness (QED) is 0.412. The highest BCUT2D eigenvalue weighted by atomic mass is 19.4. The lowest BCUT2D eigenvalue weighted by molar-refractivity contribution is -0.275. The van der Waals surface area contributed by atoms with Crippen LogP contribution in [0.5, 0.6) is 11.5 Å². The summed E-state index contributed by atoms with van der Waals surface area (Å²) in [6.07, 6.45) is -9.80. The minimum atomic E-state index is -5.21. The van der Waals surface area contributed by atoms with Crippen LogP contribution in [0.4, 0.5) is 35.1 Å². The van der Waals surface area contributed by atoms with Crippen LogP contribution in [0, 0.1) is 17.5 Å². The van der Waals surface area contributed by atoms with Crippen LogP contribution in [0.1, 0.15) is 5.56 Å². The van der Waals surface area contributed by atoms with E-state index in [1.807, 2.05) is 0 Å². The molecule has 0 bridgehead atoms. The first-order valence-electron chi connectivity index (χ1n) is 8.13. The van der Waals surface area contributed by atoms with E-state index in [9.17, 15) is 35.1 Å². The number of benzene rings is 3. The molecule has 0 saturated heterocycles. The van der Waals surface area contributed by atoms with Crippen molar-refractivity contribution >= 4 is 0 Å². The molecule has 2 nitrogen and oxygen atoms in total. The van der Waals surface area contributed by atoms with Crippen molar-refractivity contribution in [1.82, 2.24) is 0 Å². The van der Waals surface area contributed by atoms with Gasteiger partial charge in [-0.05, 0) is 35.4 Å². The Kier molecular flexibility index (Phi) is 5.60. The summed E-state index contributed by atoms with van der Waals surface area (Å²) in [5, 5.41) is 0. The Morgan fingerprint density at radius 3 is 1.73 bits per heavy atom. The molecule has 0 unspecified atom stereocenters. The lowest BCUT2D eigenvalue weighted by atomic mass is 10.0. The second kappa shape index (κ2) is 7.85. The first-order chi connectivity index (χ1) is 14.0. The van der Waals surface area contributed by atoms with Gasteiger partial charge >= 0.3 is 12.5 Å². The summed E-state index contributed by atoms with van der Waals surface area (Å²) in [5.74, 6) is -7.19. The van der Waals surface area contributed by atoms with Crippen molar-refractivity contribution < 1.29 is 44.6 Å². The van der Waals surface area contributed by atoms with E-state index < -0.39 is 47.0 Å². The smallest absolute Gasteiger partial charge is 0.429 e. The molecule has 0 saturated carbocycles. The number of hydrogen-bond donors (Lipinski definition) is 0. The van der Waals surface area contributed by atoms with Crippen LogP contribution >= 0.6 is 0 Å². The molecule has 0 fully saturated rings.